The fourth-order valence-corrected chi connectivity index (χ4v) is 2.71. The summed E-state index contributed by atoms with van der Waals surface area (Å²) in [4.78, 5) is 54.9. The van der Waals surface area contributed by atoms with E-state index in [-0.39, 0.29) is 17.8 Å². The molecule has 33 heavy (non-hydrogen) atoms. The Balaban J connectivity index is 2.68. The van der Waals surface area contributed by atoms with Crippen molar-refractivity contribution in [1.82, 2.24) is 4.98 Å². The quantitative estimate of drug-likeness (QED) is 0.276. The monoisotopic (exact) mass is 462 g/mol. The minimum absolute atomic E-state index is 0.0461. The number of esters is 1. The van der Waals surface area contributed by atoms with Gasteiger partial charge in [-0.15, -0.1) is 0 Å². The average Bonchev–Trinajstić information content (AvgIpc) is 2.64. The van der Waals surface area contributed by atoms with Gasteiger partial charge in [-0.3, -0.25) is 4.79 Å². The smallest absolute Gasteiger partial charge is 0.425 e. The predicted molar refractivity (Wildman–Crippen MR) is 118 cm³/mol. The highest BCUT2D eigenvalue weighted by Gasteiger charge is 2.34. The lowest BCUT2D eigenvalue weighted by Gasteiger charge is -2.28. The number of hydrogen-bond donors (Lipinski definition) is 0. The summed E-state index contributed by atoms with van der Waals surface area (Å²) in [5.41, 5.74) is -2.47. The van der Waals surface area contributed by atoms with Crippen LogP contribution in [-0.2, 0) is 19.0 Å². The number of fused-ring (bicyclic) bond motifs is 1. The van der Waals surface area contributed by atoms with Crippen molar-refractivity contribution in [1.29, 1.82) is 0 Å². The minimum atomic E-state index is -1.24. The molecule has 9 nitrogen and oxygen atoms in total. The standard InChI is InChI=1S/C23H27FN2O7/c1-8-31-19(28)18(27)17-14-11-16(25-12-13(14)9-10-15(17)24)26(20(29)32-22(2,3)4)21(30)33-23(5,6)7/h9-12H,8H2,1-7H3. The van der Waals surface area contributed by atoms with E-state index in [4.69, 9.17) is 14.2 Å². The number of carbonyl (C=O) groups is 4. The Morgan fingerprint density at radius 1 is 0.970 bits per heavy atom. The number of benzene rings is 1. The molecule has 1 heterocycles. The van der Waals surface area contributed by atoms with Crippen molar-refractivity contribution in [2.24, 2.45) is 0 Å². The van der Waals surface area contributed by atoms with Crippen LogP contribution in [-0.4, -0.2) is 46.7 Å². The minimum Gasteiger partial charge on any atom is -0.460 e. The largest absolute Gasteiger partial charge is 0.460 e. The number of ketones is 1. The van der Waals surface area contributed by atoms with Crippen LogP contribution in [0.25, 0.3) is 10.8 Å². The zero-order chi connectivity index (χ0) is 25.1. The molecule has 0 atom stereocenters. The zero-order valence-electron chi connectivity index (χ0n) is 19.6. The highest BCUT2D eigenvalue weighted by Crippen LogP contribution is 2.28. The summed E-state index contributed by atoms with van der Waals surface area (Å²) >= 11 is 0. The van der Waals surface area contributed by atoms with Crippen molar-refractivity contribution in [3.05, 3.63) is 35.8 Å². The van der Waals surface area contributed by atoms with Crippen LogP contribution in [0, 0.1) is 5.82 Å². The number of carbonyl (C=O) groups excluding carboxylic acids is 4. The molecule has 0 N–H and O–H groups in total. The van der Waals surface area contributed by atoms with Gasteiger partial charge in [0.2, 0.25) is 0 Å². The van der Waals surface area contributed by atoms with Gasteiger partial charge in [-0.25, -0.2) is 23.8 Å². The molecule has 1 aromatic carbocycles. The molecule has 2 aromatic rings. The van der Waals surface area contributed by atoms with E-state index >= 15 is 0 Å². The second-order valence-corrected chi connectivity index (χ2v) is 9.03. The van der Waals surface area contributed by atoms with E-state index in [0.29, 0.717) is 10.3 Å². The summed E-state index contributed by atoms with van der Waals surface area (Å²) in [6, 6.07) is 3.49. The second-order valence-electron chi connectivity index (χ2n) is 9.03. The lowest BCUT2D eigenvalue weighted by atomic mass is 10.0. The third-order valence-corrected chi connectivity index (χ3v) is 3.91. The molecule has 0 radical (unpaired) electrons. The van der Waals surface area contributed by atoms with Crippen LogP contribution in [0.2, 0.25) is 0 Å². The molecule has 0 spiro atoms. The lowest BCUT2D eigenvalue weighted by Crippen LogP contribution is -2.44. The number of amides is 2. The fourth-order valence-electron chi connectivity index (χ4n) is 2.71. The topological polar surface area (TPSA) is 112 Å². The first-order valence-electron chi connectivity index (χ1n) is 10.2. The molecule has 0 aliphatic heterocycles. The lowest BCUT2D eigenvalue weighted by molar-refractivity contribution is -0.137. The zero-order valence-corrected chi connectivity index (χ0v) is 19.6. The summed E-state index contributed by atoms with van der Waals surface area (Å²) in [5, 5.41) is 0.247. The summed E-state index contributed by atoms with van der Waals surface area (Å²) in [6.07, 6.45) is -0.940. The van der Waals surface area contributed by atoms with Crippen LogP contribution in [0.4, 0.5) is 19.8 Å². The maximum absolute atomic E-state index is 14.6. The molecule has 0 aliphatic carbocycles. The maximum atomic E-state index is 14.6. The second kappa shape index (κ2) is 9.51. The van der Waals surface area contributed by atoms with Gasteiger partial charge >= 0.3 is 18.2 Å². The number of ether oxygens (including phenoxy) is 3. The molecule has 0 bridgehead atoms. The van der Waals surface area contributed by atoms with E-state index in [1.807, 2.05) is 0 Å². The highest BCUT2D eigenvalue weighted by atomic mass is 19.1. The first-order valence-corrected chi connectivity index (χ1v) is 10.2. The molecule has 2 rings (SSSR count). The number of hydrogen-bond acceptors (Lipinski definition) is 8. The molecule has 178 valence electrons. The van der Waals surface area contributed by atoms with E-state index in [1.165, 1.54) is 19.2 Å². The highest BCUT2D eigenvalue weighted by molar-refractivity contribution is 6.43. The van der Waals surface area contributed by atoms with Crippen LogP contribution in [0.5, 0.6) is 0 Å². The number of rotatable bonds is 4. The van der Waals surface area contributed by atoms with Crippen LogP contribution in [0.1, 0.15) is 58.8 Å². The number of aromatic nitrogens is 1. The van der Waals surface area contributed by atoms with E-state index < -0.39 is 46.5 Å². The number of imide groups is 1. The predicted octanol–water partition coefficient (Wildman–Crippen LogP) is 4.80. The molecule has 0 saturated heterocycles. The molecular formula is C23H27FN2O7. The fraction of sp³-hybridized carbons (Fsp3) is 0.435. The first kappa shape index (κ1) is 25.7. The van der Waals surface area contributed by atoms with Gasteiger partial charge in [0.05, 0.1) is 12.2 Å². The first-order chi connectivity index (χ1) is 15.1. The van der Waals surface area contributed by atoms with Crippen LogP contribution < -0.4 is 4.90 Å². The van der Waals surface area contributed by atoms with Crippen molar-refractivity contribution < 1.29 is 37.8 Å². The third-order valence-electron chi connectivity index (χ3n) is 3.91. The number of nitrogens with zero attached hydrogens (tertiary/aromatic N) is 2. The molecule has 0 aliphatic rings. The van der Waals surface area contributed by atoms with E-state index in [2.05, 4.69) is 4.98 Å². The Labute approximate surface area is 190 Å². The van der Waals surface area contributed by atoms with Gasteiger partial charge in [-0.1, -0.05) is 0 Å². The molecule has 2 amide bonds. The Morgan fingerprint density at radius 3 is 2.00 bits per heavy atom. The Kier molecular flexibility index (Phi) is 7.41. The maximum Gasteiger partial charge on any atom is 0.425 e. The number of Topliss-reactive ketones (excluding diaryl/α,β-unsaturated/α-hetero) is 1. The molecule has 1 aromatic heterocycles. The summed E-state index contributed by atoms with van der Waals surface area (Å²) in [7, 11) is 0. The van der Waals surface area contributed by atoms with E-state index in [9.17, 15) is 23.6 Å². The van der Waals surface area contributed by atoms with Crippen LogP contribution in [0.15, 0.2) is 24.4 Å². The van der Waals surface area contributed by atoms with Gasteiger partial charge < -0.3 is 14.2 Å². The van der Waals surface area contributed by atoms with E-state index in [1.54, 1.807) is 41.5 Å². The number of pyridine rings is 1. The van der Waals surface area contributed by atoms with Crippen molar-refractivity contribution >= 4 is 40.5 Å². The van der Waals surface area contributed by atoms with E-state index in [0.717, 1.165) is 12.1 Å². The van der Waals surface area contributed by atoms with Gasteiger partial charge in [-0.05, 0) is 66.7 Å². The van der Waals surface area contributed by atoms with Crippen LogP contribution in [0.3, 0.4) is 0 Å². The SMILES string of the molecule is CCOC(=O)C(=O)c1c(F)ccc2cnc(N(C(=O)OC(C)(C)C)C(=O)OC(C)(C)C)cc12. The van der Waals surface area contributed by atoms with Gasteiger partial charge in [-0.2, -0.15) is 4.90 Å². The van der Waals surface area contributed by atoms with Gasteiger partial charge in [0, 0.05) is 17.0 Å². The third kappa shape index (κ3) is 6.47. The molecule has 0 unspecified atom stereocenters. The number of anilines is 1. The van der Waals surface area contributed by atoms with Gasteiger partial charge in [0.15, 0.2) is 0 Å². The Hall–Kier alpha value is -3.56. The van der Waals surface area contributed by atoms with Crippen molar-refractivity contribution in [2.75, 3.05) is 11.5 Å². The molecular weight excluding hydrogens is 435 g/mol. The normalized spacial score (nSPS) is 11.6. The summed E-state index contributed by atoms with van der Waals surface area (Å²) in [5.74, 6) is -3.70. The van der Waals surface area contributed by atoms with Crippen molar-refractivity contribution in [3.63, 3.8) is 0 Å². The van der Waals surface area contributed by atoms with Crippen molar-refractivity contribution in [2.45, 2.75) is 59.7 Å². The van der Waals surface area contributed by atoms with Crippen LogP contribution >= 0.6 is 0 Å². The summed E-state index contributed by atoms with van der Waals surface area (Å²) in [6.45, 7) is 11.1. The Bertz CT molecular complexity index is 1070. The molecule has 0 fully saturated rings. The van der Waals surface area contributed by atoms with Gasteiger partial charge in [0.25, 0.3) is 5.78 Å². The molecule has 10 heteroatoms. The summed E-state index contributed by atoms with van der Waals surface area (Å²) < 4.78 is 29.9. The average molecular weight is 462 g/mol. The molecule has 0 saturated carbocycles. The number of halogens is 1. The van der Waals surface area contributed by atoms with Crippen molar-refractivity contribution in [3.8, 4) is 0 Å². The van der Waals surface area contributed by atoms with Gasteiger partial charge in [0.1, 0.15) is 22.8 Å². The Morgan fingerprint density at radius 2 is 1.52 bits per heavy atom.